The monoisotopic (exact) mass is 433 g/mol. The number of aromatic nitrogens is 2. The quantitative estimate of drug-likeness (QED) is 0.455. The zero-order valence-corrected chi connectivity index (χ0v) is 20.2. The number of rotatable bonds is 8. The Morgan fingerprint density at radius 3 is 2.50 bits per heavy atom. The summed E-state index contributed by atoms with van der Waals surface area (Å²) in [6.07, 6.45) is 2.18. The zero-order valence-electron chi connectivity index (χ0n) is 20.2. The average Bonchev–Trinajstić information content (AvgIpc) is 2.75. The molecule has 0 aliphatic rings. The van der Waals surface area contributed by atoms with Gasteiger partial charge in [-0.2, -0.15) is 0 Å². The maximum atomic E-state index is 13.7. The first kappa shape index (κ1) is 23.7. The van der Waals surface area contributed by atoms with Gasteiger partial charge in [-0.05, 0) is 68.9 Å². The number of amides is 1. The first-order chi connectivity index (χ1) is 15.2. The Hall–Kier alpha value is -2.95. The van der Waals surface area contributed by atoms with E-state index < -0.39 is 0 Å². The Morgan fingerprint density at radius 2 is 1.81 bits per heavy atom. The van der Waals surface area contributed by atoms with E-state index in [4.69, 9.17) is 4.98 Å². The third-order valence-corrected chi connectivity index (χ3v) is 5.98. The number of para-hydroxylation sites is 1. The SMILES string of the molecule is CCCC(=O)N(CCC(C)C)C(C)c1nc2ccccc2c(=O)n1-c1cc(C)ccc1C. The molecule has 1 unspecified atom stereocenters. The van der Waals surface area contributed by atoms with Crippen molar-refractivity contribution < 1.29 is 4.79 Å². The molecule has 0 bridgehead atoms. The standard InChI is InChI=1S/C27H35N3O2/c1-7-10-25(31)29(16-15-18(2)3)21(6)26-28-23-12-9-8-11-22(23)27(32)30(26)24-17-19(4)13-14-20(24)5/h8-9,11-14,17-18,21H,7,10,15-16H2,1-6H3. The molecule has 3 rings (SSSR count). The molecule has 170 valence electrons. The molecule has 2 aromatic carbocycles. The highest BCUT2D eigenvalue weighted by atomic mass is 16.2. The van der Waals surface area contributed by atoms with Crippen molar-refractivity contribution in [2.75, 3.05) is 6.54 Å². The van der Waals surface area contributed by atoms with Crippen LogP contribution in [0, 0.1) is 19.8 Å². The zero-order chi connectivity index (χ0) is 23.4. The maximum Gasteiger partial charge on any atom is 0.266 e. The molecule has 0 N–H and O–H groups in total. The third kappa shape index (κ3) is 4.93. The second-order valence-electron chi connectivity index (χ2n) is 9.11. The van der Waals surface area contributed by atoms with Gasteiger partial charge in [-0.1, -0.05) is 45.0 Å². The van der Waals surface area contributed by atoms with Crippen LogP contribution in [-0.4, -0.2) is 26.9 Å². The van der Waals surface area contributed by atoms with Gasteiger partial charge in [-0.3, -0.25) is 14.2 Å². The van der Waals surface area contributed by atoms with E-state index in [1.165, 1.54) is 0 Å². The topological polar surface area (TPSA) is 55.2 Å². The first-order valence-corrected chi connectivity index (χ1v) is 11.6. The molecule has 1 atom stereocenters. The molecular weight excluding hydrogens is 398 g/mol. The average molecular weight is 434 g/mol. The van der Waals surface area contributed by atoms with Crippen molar-refractivity contribution in [2.45, 2.75) is 66.8 Å². The number of hydrogen-bond acceptors (Lipinski definition) is 3. The van der Waals surface area contributed by atoms with Gasteiger partial charge in [0.15, 0.2) is 0 Å². The summed E-state index contributed by atoms with van der Waals surface area (Å²) >= 11 is 0. The lowest BCUT2D eigenvalue weighted by atomic mass is 10.1. The van der Waals surface area contributed by atoms with Crippen LogP contribution in [0.25, 0.3) is 16.6 Å². The fourth-order valence-electron chi connectivity index (χ4n) is 4.05. The highest BCUT2D eigenvalue weighted by molar-refractivity contribution is 5.79. The van der Waals surface area contributed by atoms with Crippen LogP contribution in [0.4, 0.5) is 0 Å². The van der Waals surface area contributed by atoms with Gasteiger partial charge in [0.05, 0.1) is 22.6 Å². The molecular formula is C27H35N3O2. The molecule has 1 heterocycles. The van der Waals surface area contributed by atoms with E-state index in [0.29, 0.717) is 35.6 Å². The van der Waals surface area contributed by atoms with E-state index >= 15 is 0 Å². The fourth-order valence-corrected chi connectivity index (χ4v) is 4.05. The minimum Gasteiger partial charge on any atom is -0.333 e. The van der Waals surface area contributed by atoms with Crippen LogP contribution in [0.1, 0.15) is 70.0 Å². The van der Waals surface area contributed by atoms with Gasteiger partial charge < -0.3 is 4.90 Å². The summed E-state index contributed by atoms with van der Waals surface area (Å²) in [6.45, 7) is 13.0. The Morgan fingerprint density at radius 1 is 1.09 bits per heavy atom. The second kappa shape index (κ2) is 10.1. The van der Waals surface area contributed by atoms with Crippen LogP contribution in [0.3, 0.4) is 0 Å². The van der Waals surface area contributed by atoms with Crippen molar-refractivity contribution in [3.05, 3.63) is 69.8 Å². The van der Waals surface area contributed by atoms with E-state index in [-0.39, 0.29) is 17.5 Å². The molecule has 32 heavy (non-hydrogen) atoms. The highest BCUT2D eigenvalue weighted by Crippen LogP contribution is 2.26. The molecule has 3 aromatic rings. The van der Waals surface area contributed by atoms with Crippen LogP contribution in [-0.2, 0) is 4.79 Å². The second-order valence-corrected chi connectivity index (χ2v) is 9.11. The summed E-state index contributed by atoms with van der Waals surface area (Å²) < 4.78 is 1.72. The summed E-state index contributed by atoms with van der Waals surface area (Å²) in [6, 6.07) is 13.2. The van der Waals surface area contributed by atoms with Crippen LogP contribution < -0.4 is 5.56 Å². The van der Waals surface area contributed by atoms with E-state index in [9.17, 15) is 9.59 Å². The van der Waals surface area contributed by atoms with Crippen molar-refractivity contribution in [3.63, 3.8) is 0 Å². The molecule has 0 fully saturated rings. The van der Waals surface area contributed by atoms with Crippen LogP contribution >= 0.6 is 0 Å². The molecule has 5 nitrogen and oxygen atoms in total. The van der Waals surface area contributed by atoms with Crippen molar-refractivity contribution >= 4 is 16.8 Å². The fraction of sp³-hybridized carbons (Fsp3) is 0.444. The van der Waals surface area contributed by atoms with Crippen LogP contribution in [0.2, 0.25) is 0 Å². The van der Waals surface area contributed by atoms with Crippen LogP contribution in [0.15, 0.2) is 47.3 Å². The molecule has 0 aliphatic heterocycles. The number of fused-ring (bicyclic) bond motifs is 1. The summed E-state index contributed by atoms with van der Waals surface area (Å²) in [5.41, 5.74) is 3.45. The van der Waals surface area contributed by atoms with Gasteiger partial charge in [0.25, 0.3) is 5.56 Å². The lowest BCUT2D eigenvalue weighted by molar-refractivity contribution is -0.133. The van der Waals surface area contributed by atoms with Crippen molar-refractivity contribution in [2.24, 2.45) is 5.92 Å². The first-order valence-electron chi connectivity index (χ1n) is 11.6. The minimum atomic E-state index is -0.329. The number of carbonyl (C=O) groups excluding carboxylic acids is 1. The Kier molecular flexibility index (Phi) is 7.49. The predicted octanol–water partition coefficient (Wildman–Crippen LogP) is 5.74. The number of benzene rings is 2. The van der Waals surface area contributed by atoms with Gasteiger partial charge in [0.1, 0.15) is 5.82 Å². The Balaban J connectivity index is 2.26. The third-order valence-electron chi connectivity index (χ3n) is 5.98. The summed E-state index contributed by atoms with van der Waals surface area (Å²) in [7, 11) is 0. The lowest BCUT2D eigenvalue weighted by Gasteiger charge is -2.31. The van der Waals surface area contributed by atoms with E-state index in [1.807, 2.05) is 75.1 Å². The minimum absolute atomic E-state index is 0.0992. The smallest absolute Gasteiger partial charge is 0.266 e. The van der Waals surface area contributed by atoms with E-state index in [1.54, 1.807) is 4.57 Å². The maximum absolute atomic E-state index is 13.7. The van der Waals surface area contributed by atoms with Crippen LogP contribution in [0.5, 0.6) is 0 Å². The summed E-state index contributed by atoms with van der Waals surface area (Å²) in [5, 5.41) is 0.581. The molecule has 1 aromatic heterocycles. The molecule has 0 radical (unpaired) electrons. The predicted molar refractivity (Wildman–Crippen MR) is 131 cm³/mol. The van der Waals surface area contributed by atoms with Crippen molar-refractivity contribution in [1.29, 1.82) is 0 Å². The molecule has 0 aliphatic carbocycles. The molecule has 0 saturated heterocycles. The van der Waals surface area contributed by atoms with E-state index in [0.717, 1.165) is 29.7 Å². The molecule has 0 saturated carbocycles. The van der Waals surface area contributed by atoms with Gasteiger partial charge in [0, 0.05) is 13.0 Å². The molecule has 1 amide bonds. The largest absolute Gasteiger partial charge is 0.333 e. The van der Waals surface area contributed by atoms with Gasteiger partial charge in [-0.25, -0.2) is 4.98 Å². The van der Waals surface area contributed by atoms with Crippen molar-refractivity contribution in [3.8, 4) is 5.69 Å². The number of carbonyl (C=O) groups is 1. The normalized spacial score (nSPS) is 12.3. The van der Waals surface area contributed by atoms with Gasteiger partial charge >= 0.3 is 0 Å². The highest BCUT2D eigenvalue weighted by Gasteiger charge is 2.27. The van der Waals surface area contributed by atoms with Gasteiger partial charge in [0.2, 0.25) is 5.91 Å². The Bertz CT molecular complexity index is 1160. The van der Waals surface area contributed by atoms with Gasteiger partial charge in [-0.15, -0.1) is 0 Å². The lowest BCUT2D eigenvalue weighted by Crippen LogP contribution is -2.38. The number of hydrogen-bond donors (Lipinski definition) is 0. The van der Waals surface area contributed by atoms with E-state index in [2.05, 4.69) is 13.8 Å². The summed E-state index contributed by atoms with van der Waals surface area (Å²) in [4.78, 5) is 33.7. The Labute approximate surface area is 191 Å². The number of aryl methyl sites for hydroxylation is 2. The molecule has 0 spiro atoms. The number of nitrogens with zero attached hydrogens (tertiary/aromatic N) is 3. The van der Waals surface area contributed by atoms with Crippen molar-refractivity contribution in [1.82, 2.24) is 14.5 Å². The molecule has 5 heteroatoms. The summed E-state index contributed by atoms with van der Waals surface area (Å²) in [5.74, 6) is 1.19.